The Kier molecular flexibility index (Phi) is 9.66. The fourth-order valence-electron chi connectivity index (χ4n) is 5.21. The summed E-state index contributed by atoms with van der Waals surface area (Å²) in [6.45, 7) is -0.830. The molecule has 2 saturated heterocycles. The minimum atomic E-state index is -1.27. The smallest absolute Gasteiger partial charge is 0.194 e. The molecule has 0 unspecified atom stereocenters. The maximum Gasteiger partial charge on any atom is 0.194 e. The lowest BCUT2D eigenvalue weighted by molar-refractivity contribution is -0.0511. The van der Waals surface area contributed by atoms with E-state index in [1.165, 1.54) is 21.8 Å². The Bertz CT molecular complexity index is 1930. The molecule has 7 rings (SSSR count). The molecule has 47 heavy (non-hydrogen) atoms. The summed E-state index contributed by atoms with van der Waals surface area (Å²) in [7, 11) is 0. The van der Waals surface area contributed by atoms with Crippen molar-refractivity contribution in [1.82, 2.24) is 39.0 Å². The molecule has 0 bridgehead atoms. The standard InChI is InChI=1S/C16H15Cl2N5O4.C10H12IN5O4/c17-7-2-1-6(3-8(7)18)14-21-13(19)10-15(22-14)23(5-20-10)16-12(26)11(25)9(4-24)27-16;11-10-14-7(12)4-8(15-10)16(2-13-4)9-6(19)5(18)3(1-17)20-9/h1-3,5,9,11-12,16,24-26H,4H2,(H2,19,21,22);2-3,5-6,9,17-19H,1H2,(H2,12,14,15)/t9-,11-,12-,16-;3-,5-,6-,9-/m11/s1. The van der Waals surface area contributed by atoms with Crippen LogP contribution in [0.15, 0.2) is 30.9 Å². The number of nitrogens with zero attached hydrogens (tertiary/aromatic N) is 8. The minimum Gasteiger partial charge on any atom is -0.394 e. The summed E-state index contributed by atoms with van der Waals surface area (Å²) in [6.07, 6.45) is -5.76. The van der Waals surface area contributed by atoms with Crippen molar-refractivity contribution in [1.29, 1.82) is 0 Å². The number of ether oxygens (including phenoxy) is 2. The van der Waals surface area contributed by atoms with Crippen LogP contribution in [-0.4, -0.2) is 120 Å². The molecule has 250 valence electrons. The number of nitrogen functional groups attached to an aromatic ring is 2. The first-order valence-corrected chi connectivity index (χ1v) is 15.6. The van der Waals surface area contributed by atoms with Crippen LogP contribution in [0.1, 0.15) is 12.5 Å². The van der Waals surface area contributed by atoms with Gasteiger partial charge in [0.1, 0.15) is 47.7 Å². The molecule has 8 atom stereocenters. The van der Waals surface area contributed by atoms with Gasteiger partial charge in [-0.05, 0) is 18.2 Å². The Morgan fingerprint density at radius 1 is 0.723 bits per heavy atom. The highest BCUT2D eigenvalue weighted by Crippen LogP contribution is 2.34. The van der Waals surface area contributed by atoms with Crippen LogP contribution in [0.2, 0.25) is 10.0 Å². The second kappa shape index (κ2) is 13.4. The highest BCUT2D eigenvalue weighted by atomic mass is 127. The van der Waals surface area contributed by atoms with Crippen LogP contribution < -0.4 is 11.5 Å². The summed E-state index contributed by atoms with van der Waals surface area (Å²) in [5.41, 5.74) is 13.8. The molecule has 2 fully saturated rings. The van der Waals surface area contributed by atoms with Gasteiger partial charge in [0.25, 0.3) is 0 Å². The fourth-order valence-corrected chi connectivity index (χ4v) is 5.99. The number of hydrogen-bond donors (Lipinski definition) is 8. The Morgan fingerprint density at radius 3 is 1.72 bits per heavy atom. The zero-order valence-corrected chi connectivity index (χ0v) is 27.5. The Morgan fingerprint density at radius 2 is 1.23 bits per heavy atom. The molecule has 10 N–H and O–H groups in total. The van der Waals surface area contributed by atoms with Gasteiger partial charge in [-0.1, -0.05) is 23.2 Å². The van der Waals surface area contributed by atoms with Gasteiger partial charge in [-0.15, -0.1) is 0 Å². The van der Waals surface area contributed by atoms with E-state index >= 15 is 0 Å². The van der Waals surface area contributed by atoms with Crippen LogP contribution in [0.4, 0.5) is 11.6 Å². The van der Waals surface area contributed by atoms with Crippen LogP contribution in [0.25, 0.3) is 33.7 Å². The summed E-state index contributed by atoms with van der Waals surface area (Å²) >= 11 is 13.9. The van der Waals surface area contributed by atoms with Crippen molar-refractivity contribution in [2.24, 2.45) is 0 Å². The molecule has 0 amide bonds. The summed E-state index contributed by atoms with van der Waals surface area (Å²) in [6, 6.07) is 4.92. The number of hydrogen-bond acceptors (Lipinski definition) is 16. The van der Waals surface area contributed by atoms with Gasteiger partial charge in [-0.3, -0.25) is 9.13 Å². The van der Waals surface area contributed by atoms with Gasteiger partial charge < -0.3 is 51.6 Å². The van der Waals surface area contributed by atoms with E-state index in [2.05, 4.69) is 29.9 Å². The van der Waals surface area contributed by atoms with Crippen LogP contribution in [0, 0.1) is 3.83 Å². The Hall–Kier alpha value is -3.09. The van der Waals surface area contributed by atoms with Crippen molar-refractivity contribution in [2.75, 3.05) is 24.7 Å². The van der Waals surface area contributed by atoms with E-state index in [9.17, 15) is 25.5 Å². The van der Waals surface area contributed by atoms with E-state index in [1.807, 2.05) is 22.6 Å². The van der Waals surface area contributed by atoms with Crippen molar-refractivity contribution in [3.8, 4) is 11.4 Å². The minimum absolute atomic E-state index is 0.131. The van der Waals surface area contributed by atoms with E-state index in [0.717, 1.165) is 0 Å². The van der Waals surface area contributed by atoms with E-state index < -0.39 is 62.3 Å². The number of fused-ring (bicyclic) bond motifs is 2. The van der Waals surface area contributed by atoms with Crippen molar-refractivity contribution >= 4 is 79.8 Å². The molecule has 21 heteroatoms. The van der Waals surface area contributed by atoms with Crippen molar-refractivity contribution in [2.45, 2.75) is 49.1 Å². The molecular weight excluding hydrogens is 778 g/mol. The third-order valence-electron chi connectivity index (χ3n) is 7.63. The highest BCUT2D eigenvalue weighted by molar-refractivity contribution is 14.1. The van der Waals surface area contributed by atoms with Crippen molar-refractivity contribution in [3.63, 3.8) is 0 Å². The van der Waals surface area contributed by atoms with E-state index in [4.69, 9.17) is 49.2 Å². The molecule has 2 aliphatic heterocycles. The molecule has 0 aliphatic carbocycles. The number of halogens is 3. The number of imidazole rings is 2. The van der Waals surface area contributed by atoms with Crippen molar-refractivity contribution in [3.05, 3.63) is 44.7 Å². The van der Waals surface area contributed by atoms with Gasteiger partial charge in [-0.2, -0.15) is 0 Å². The highest BCUT2D eigenvalue weighted by Gasteiger charge is 2.45. The predicted molar refractivity (Wildman–Crippen MR) is 174 cm³/mol. The van der Waals surface area contributed by atoms with Gasteiger partial charge in [0, 0.05) is 28.2 Å². The molecule has 0 radical (unpaired) electrons. The Labute approximate surface area is 287 Å². The number of anilines is 2. The average molecular weight is 805 g/mol. The lowest BCUT2D eigenvalue weighted by atomic mass is 10.1. The van der Waals surface area contributed by atoms with Crippen LogP contribution >= 0.6 is 45.8 Å². The fraction of sp³-hybridized carbons (Fsp3) is 0.385. The number of nitrogens with two attached hydrogens (primary N) is 2. The van der Waals surface area contributed by atoms with E-state index in [-0.39, 0.29) is 17.5 Å². The molecule has 4 aromatic heterocycles. The molecular formula is C26H27Cl2IN10O8. The topological polar surface area (TPSA) is 279 Å². The summed E-state index contributed by atoms with van der Waals surface area (Å²) in [5.74, 6) is 0.642. The number of rotatable bonds is 5. The first-order chi connectivity index (χ1) is 22.4. The number of aliphatic hydroxyl groups excluding tert-OH is 6. The number of aliphatic hydroxyl groups is 6. The molecule has 18 nitrogen and oxygen atoms in total. The SMILES string of the molecule is Nc1nc(-c2ccc(Cl)c(Cl)c2)nc2c1ncn2[C@@H]1O[C@H](CO)[C@@H](O)[C@H]1O.Nc1nc(I)nc2c1ncn2[C@@H]1O[C@H](CO)[C@@H](O)[C@H]1O. The molecule has 0 saturated carbocycles. The van der Waals surface area contributed by atoms with Crippen molar-refractivity contribution < 1.29 is 40.1 Å². The summed E-state index contributed by atoms with van der Waals surface area (Å²) in [4.78, 5) is 25.2. The maximum absolute atomic E-state index is 10.3. The normalized spacial score (nSPS) is 27.4. The first kappa shape index (κ1) is 33.8. The largest absolute Gasteiger partial charge is 0.394 e. The molecule has 6 heterocycles. The monoisotopic (exact) mass is 804 g/mol. The first-order valence-electron chi connectivity index (χ1n) is 13.8. The zero-order chi connectivity index (χ0) is 33.7. The van der Waals surface area contributed by atoms with Gasteiger partial charge in [0.15, 0.2) is 45.0 Å². The number of benzene rings is 1. The second-order valence-corrected chi connectivity index (χ2v) is 12.3. The van der Waals surface area contributed by atoms with E-state index in [1.54, 1.807) is 18.2 Å². The maximum atomic E-state index is 10.3. The Balaban J connectivity index is 0.000000172. The average Bonchev–Trinajstić information content (AvgIpc) is 3.80. The lowest BCUT2D eigenvalue weighted by Gasteiger charge is -2.16. The summed E-state index contributed by atoms with van der Waals surface area (Å²) < 4.78 is 14.3. The van der Waals surface area contributed by atoms with Crippen LogP contribution in [0.3, 0.4) is 0 Å². The van der Waals surface area contributed by atoms with Crippen LogP contribution in [-0.2, 0) is 9.47 Å². The van der Waals surface area contributed by atoms with Gasteiger partial charge in [-0.25, -0.2) is 29.9 Å². The second-order valence-electron chi connectivity index (χ2n) is 10.5. The zero-order valence-electron chi connectivity index (χ0n) is 23.8. The molecule has 2 aliphatic rings. The summed E-state index contributed by atoms with van der Waals surface area (Å²) in [5, 5.41) is 59.2. The van der Waals surface area contributed by atoms with Gasteiger partial charge in [0.2, 0.25) is 0 Å². The van der Waals surface area contributed by atoms with E-state index in [0.29, 0.717) is 41.8 Å². The molecule has 0 spiro atoms. The van der Waals surface area contributed by atoms with Gasteiger partial charge in [0.05, 0.1) is 35.9 Å². The third kappa shape index (κ3) is 6.17. The molecule has 1 aromatic carbocycles. The molecule has 5 aromatic rings. The predicted octanol–water partition coefficient (Wildman–Crippen LogP) is -0.382. The third-order valence-corrected chi connectivity index (χ3v) is 8.85. The lowest BCUT2D eigenvalue weighted by Crippen LogP contribution is -2.33. The quantitative estimate of drug-likeness (QED) is 0.0830. The van der Waals surface area contributed by atoms with Crippen LogP contribution in [0.5, 0.6) is 0 Å². The van der Waals surface area contributed by atoms with Gasteiger partial charge >= 0.3 is 0 Å². The number of aromatic nitrogens is 8.